The molecule has 1 N–H and O–H groups in total. The SMILES string of the molecule is CN(C)C(=O)c1nnc(CCC(=O)O)s1. The molecule has 0 saturated carbocycles. The first-order valence-electron chi connectivity index (χ1n) is 4.26. The van der Waals surface area contributed by atoms with E-state index in [0.29, 0.717) is 16.4 Å². The zero-order valence-corrected chi connectivity index (χ0v) is 9.24. The molecule has 0 fully saturated rings. The lowest BCUT2D eigenvalue weighted by Gasteiger charge is -2.05. The molecule has 1 rings (SSSR count). The van der Waals surface area contributed by atoms with Crippen molar-refractivity contribution in [2.75, 3.05) is 14.1 Å². The molecule has 0 aliphatic carbocycles. The lowest BCUT2D eigenvalue weighted by molar-refractivity contribution is -0.136. The van der Waals surface area contributed by atoms with Gasteiger partial charge >= 0.3 is 5.97 Å². The number of hydrogen-bond acceptors (Lipinski definition) is 5. The maximum absolute atomic E-state index is 11.4. The number of aliphatic carboxylic acids is 1. The maximum atomic E-state index is 11.4. The Labute approximate surface area is 90.5 Å². The second-order valence-corrected chi connectivity index (χ2v) is 4.16. The fourth-order valence-electron chi connectivity index (χ4n) is 0.846. The molecule has 1 aromatic heterocycles. The number of hydrogen-bond donors (Lipinski definition) is 1. The first kappa shape index (κ1) is 11.6. The molecule has 0 saturated heterocycles. The van der Waals surface area contributed by atoms with Crippen LogP contribution in [0.5, 0.6) is 0 Å². The van der Waals surface area contributed by atoms with Crippen LogP contribution in [-0.4, -0.2) is 46.2 Å². The van der Waals surface area contributed by atoms with Crippen LogP contribution in [0.2, 0.25) is 0 Å². The Hall–Kier alpha value is -1.50. The summed E-state index contributed by atoms with van der Waals surface area (Å²) in [7, 11) is 3.25. The number of rotatable bonds is 4. The Kier molecular flexibility index (Phi) is 3.73. The van der Waals surface area contributed by atoms with E-state index in [9.17, 15) is 9.59 Å². The minimum Gasteiger partial charge on any atom is -0.481 e. The largest absolute Gasteiger partial charge is 0.481 e. The number of aromatic nitrogens is 2. The summed E-state index contributed by atoms with van der Waals surface area (Å²) in [6, 6.07) is 0. The number of amides is 1. The molecule has 0 bridgehead atoms. The molecule has 1 heterocycles. The van der Waals surface area contributed by atoms with E-state index in [2.05, 4.69) is 10.2 Å². The van der Waals surface area contributed by atoms with Crippen LogP contribution >= 0.6 is 11.3 Å². The van der Waals surface area contributed by atoms with Crippen molar-refractivity contribution in [1.82, 2.24) is 15.1 Å². The summed E-state index contributed by atoms with van der Waals surface area (Å²) in [5, 5.41) is 16.8. The zero-order chi connectivity index (χ0) is 11.4. The smallest absolute Gasteiger partial charge is 0.303 e. The number of aryl methyl sites for hydroxylation is 1. The molecule has 0 atom stereocenters. The first-order valence-corrected chi connectivity index (χ1v) is 5.08. The Bertz CT molecular complexity index is 375. The molecule has 15 heavy (non-hydrogen) atoms. The van der Waals surface area contributed by atoms with Crippen molar-refractivity contribution < 1.29 is 14.7 Å². The standard InChI is InChI=1S/C8H11N3O3S/c1-11(2)8(14)7-10-9-5(15-7)3-4-6(12)13/h3-4H2,1-2H3,(H,12,13). The third-order valence-corrected chi connectivity index (χ3v) is 2.58. The van der Waals surface area contributed by atoms with Crippen LogP contribution in [0.4, 0.5) is 0 Å². The lowest BCUT2D eigenvalue weighted by Crippen LogP contribution is -2.21. The molecular formula is C8H11N3O3S. The molecule has 0 aliphatic heterocycles. The Balaban J connectivity index is 2.64. The van der Waals surface area contributed by atoms with E-state index in [1.807, 2.05) is 0 Å². The van der Waals surface area contributed by atoms with Crippen molar-refractivity contribution in [3.8, 4) is 0 Å². The topological polar surface area (TPSA) is 83.4 Å². The van der Waals surface area contributed by atoms with Crippen LogP contribution in [0.1, 0.15) is 21.2 Å². The molecule has 1 aromatic rings. The van der Waals surface area contributed by atoms with Crippen LogP contribution in [0.3, 0.4) is 0 Å². The van der Waals surface area contributed by atoms with Gasteiger partial charge in [-0.05, 0) is 0 Å². The average molecular weight is 229 g/mol. The van der Waals surface area contributed by atoms with Crippen molar-refractivity contribution in [2.45, 2.75) is 12.8 Å². The Morgan fingerprint density at radius 1 is 1.40 bits per heavy atom. The number of carboxylic acids is 1. The minimum absolute atomic E-state index is 0.00475. The van der Waals surface area contributed by atoms with E-state index >= 15 is 0 Å². The number of carbonyl (C=O) groups is 2. The monoisotopic (exact) mass is 229 g/mol. The number of carboxylic acid groups (broad SMARTS) is 1. The van der Waals surface area contributed by atoms with Crippen LogP contribution < -0.4 is 0 Å². The van der Waals surface area contributed by atoms with Crippen LogP contribution in [0.25, 0.3) is 0 Å². The summed E-state index contributed by atoms with van der Waals surface area (Å²) >= 11 is 1.13. The van der Waals surface area contributed by atoms with Gasteiger partial charge in [-0.15, -0.1) is 10.2 Å². The summed E-state index contributed by atoms with van der Waals surface area (Å²) in [5.74, 6) is -1.10. The van der Waals surface area contributed by atoms with Crippen LogP contribution in [0, 0.1) is 0 Å². The normalized spacial score (nSPS) is 10.0. The number of carbonyl (C=O) groups excluding carboxylic acids is 1. The van der Waals surface area contributed by atoms with E-state index in [-0.39, 0.29) is 12.3 Å². The second kappa shape index (κ2) is 4.83. The Morgan fingerprint density at radius 2 is 2.07 bits per heavy atom. The van der Waals surface area contributed by atoms with Crippen molar-refractivity contribution in [3.63, 3.8) is 0 Å². The molecule has 82 valence electrons. The molecule has 0 spiro atoms. The third kappa shape index (κ3) is 3.28. The highest BCUT2D eigenvalue weighted by Gasteiger charge is 2.14. The summed E-state index contributed by atoms with van der Waals surface area (Å²) in [4.78, 5) is 23.1. The molecule has 0 aromatic carbocycles. The van der Waals surface area contributed by atoms with Crippen LogP contribution in [-0.2, 0) is 11.2 Å². The van der Waals surface area contributed by atoms with Crippen LogP contribution in [0.15, 0.2) is 0 Å². The Morgan fingerprint density at radius 3 is 2.60 bits per heavy atom. The predicted octanol–water partition coefficient (Wildman–Crippen LogP) is 0.257. The van der Waals surface area contributed by atoms with Crippen molar-refractivity contribution in [2.24, 2.45) is 0 Å². The summed E-state index contributed by atoms with van der Waals surface area (Å²) in [6.45, 7) is 0. The van der Waals surface area contributed by atoms with Gasteiger partial charge in [0.2, 0.25) is 5.01 Å². The van der Waals surface area contributed by atoms with E-state index in [0.717, 1.165) is 11.3 Å². The quantitative estimate of drug-likeness (QED) is 0.800. The highest BCUT2D eigenvalue weighted by Crippen LogP contribution is 2.12. The van der Waals surface area contributed by atoms with Crippen molar-refractivity contribution >= 4 is 23.2 Å². The van der Waals surface area contributed by atoms with E-state index in [1.165, 1.54) is 4.90 Å². The van der Waals surface area contributed by atoms with Gasteiger partial charge in [0.15, 0.2) is 0 Å². The zero-order valence-electron chi connectivity index (χ0n) is 8.43. The summed E-state index contributed by atoms with van der Waals surface area (Å²) < 4.78 is 0. The van der Waals surface area contributed by atoms with Gasteiger partial charge in [0.25, 0.3) is 5.91 Å². The van der Waals surface area contributed by atoms with Gasteiger partial charge in [-0.2, -0.15) is 0 Å². The molecule has 0 radical (unpaired) electrons. The predicted molar refractivity (Wildman–Crippen MR) is 53.9 cm³/mol. The van der Waals surface area contributed by atoms with Gasteiger partial charge in [-0.1, -0.05) is 11.3 Å². The lowest BCUT2D eigenvalue weighted by atomic mass is 10.3. The summed E-state index contributed by atoms with van der Waals surface area (Å²) in [5.41, 5.74) is 0. The highest BCUT2D eigenvalue weighted by molar-refractivity contribution is 7.13. The van der Waals surface area contributed by atoms with Crippen molar-refractivity contribution in [3.05, 3.63) is 10.0 Å². The van der Waals surface area contributed by atoms with Gasteiger partial charge < -0.3 is 10.0 Å². The molecule has 1 amide bonds. The van der Waals surface area contributed by atoms with Gasteiger partial charge in [0.05, 0.1) is 6.42 Å². The van der Waals surface area contributed by atoms with Gasteiger partial charge in [0, 0.05) is 20.5 Å². The minimum atomic E-state index is -0.884. The second-order valence-electron chi connectivity index (χ2n) is 3.09. The van der Waals surface area contributed by atoms with Crippen molar-refractivity contribution in [1.29, 1.82) is 0 Å². The fourth-order valence-corrected chi connectivity index (χ4v) is 1.71. The van der Waals surface area contributed by atoms with E-state index < -0.39 is 5.97 Å². The molecule has 6 nitrogen and oxygen atoms in total. The van der Waals surface area contributed by atoms with Gasteiger partial charge in [0.1, 0.15) is 5.01 Å². The molecular weight excluding hydrogens is 218 g/mol. The molecule has 0 aliphatic rings. The molecule has 7 heteroatoms. The fraction of sp³-hybridized carbons (Fsp3) is 0.500. The van der Waals surface area contributed by atoms with E-state index in [1.54, 1.807) is 14.1 Å². The maximum Gasteiger partial charge on any atom is 0.303 e. The molecule has 0 unspecified atom stereocenters. The summed E-state index contributed by atoms with van der Waals surface area (Å²) in [6.07, 6.45) is 0.318. The van der Waals surface area contributed by atoms with Gasteiger partial charge in [-0.3, -0.25) is 9.59 Å². The highest BCUT2D eigenvalue weighted by atomic mass is 32.1. The third-order valence-electron chi connectivity index (χ3n) is 1.61. The van der Waals surface area contributed by atoms with Gasteiger partial charge in [-0.25, -0.2) is 0 Å². The number of nitrogens with zero attached hydrogens (tertiary/aromatic N) is 3. The van der Waals surface area contributed by atoms with E-state index in [4.69, 9.17) is 5.11 Å². The average Bonchev–Trinajstić information content (AvgIpc) is 2.61. The first-order chi connectivity index (χ1) is 7.00.